The summed E-state index contributed by atoms with van der Waals surface area (Å²) in [7, 11) is 0. The molecule has 0 aliphatic rings. The van der Waals surface area contributed by atoms with Crippen LogP contribution in [0, 0.1) is 5.92 Å². The van der Waals surface area contributed by atoms with Gasteiger partial charge in [0.05, 0.1) is 25.5 Å². The summed E-state index contributed by atoms with van der Waals surface area (Å²) >= 11 is 0. The van der Waals surface area contributed by atoms with Gasteiger partial charge in [0.15, 0.2) is 0 Å². The van der Waals surface area contributed by atoms with E-state index in [1.165, 1.54) is 0 Å². The smallest absolute Gasteiger partial charge is 0.142 e. The lowest BCUT2D eigenvalue weighted by molar-refractivity contribution is 0.118. The van der Waals surface area contributed by atoms with Crippen LogP contribution < -0.4 is 14.8 Å². The van der Waals surface area contributed by atoms with Crippen molar-refractivity contribution in [1.82, 2.24) is 0 Å². The van der Waals surface area contributed by atoms with Gasteiger partial charge in [-0.05, 0) is 31.9 Å². The van der Waals surface area contributed by atoms with E-state index in [0.717, 1.165) is 30.3 Å². The molecule has 0 aliphatic carbocycles. The molecule has 0 unspecified atom stereocenters. The highest BCUT2D eigenvalue weighted by atomic mass is 16.5. The van der Waals surface area contributed by atoms with Crippen LogP contribution >= 0.6 is 0 Å². The lowest BCUT2D eigenvalue weighted by Crippen LogP contribution is -2.13. The van der Waals surface area contributed by atoms with Crippen molar-refractivity contribution in [1.29, 1.82) is 0 Å². The Balaban J connectivity index is 2.53. The predicted molar refractivity (Wildman–Crippen MR) is 82.9 cm³/mol. The van der Waals surface area contributed by atoms with E-state index in [1.54, 1.807) is 0 Å². The Kier molecular flexibility index (Phi) is 7.88. The van der Waals surface area contributed by atoms with Gasteiger partial charge >= 0.3 is 0 Å². The summed E-state index contributed by atoms with van der Waals surface area (Å²) in [5.41, 5.74) is 0.950. The number of nitrogens with one attached hydrogen (secondary N) is 1. The van der Waals surface area contributed by atoms with Crippen LogP contribution in [0.1, 0.15) is 27.7 Å². The first-order valence-electron chi connectivity index (χ1n) is 7.38. The van der Waals surface area contributed by atoms with Crippen molar-refractivity contribution in [2.24, 2.45) is 5.92 Å². The fourth-order valence-corrected chi connectivity index (χ4v) is 1.76. The third-order valence-corrected chi connectivity index (χ3v) is 2.57. The molecule has 0 fully saturated rings. The molecule has 1 N–H and O–H groups in total. The lowest BCUT2D eigenvalue weighted by atomic mass is 10.2. The maximum atomic E-state index is 5.61. The van der Waals surface area contributed by atoms with Gasteiger partial charge in [-0.3, -0.25) is 0 Å². The Bertz CT molecular complexity index is 380. The number of benzene rings is 1. The van der Waals surface area contributed by atoms with Crippen molar-refractivity contribution in [2.75, 3.05) is 38.3 Å². The average molecular weight is 281 g/mol. The van der Waals surface area contributed by atoms with Crippen molar-refractivity contribution >= 4 is 5.69 Å². The molecule has 0 spiro atoms. The molecule has 0 saturated heterocycles. The first kappa shape index (κ1) is 16.6. The number of hydrogen-bond donors (Lipinski definition) is 1. The third kappa shape index (κ3) is 6.15. The van der Waals surface area contributed by atoms with Gasteiger partial charge in [-0.2, -0.15) is 0 Å². The molecule has 0 saturated carbocycles. The lowest BCUT2D eigenvalue weighted by Gasteiger charge is -2.14. The summed E-state index contributed by atoms with van der Waals surface area (Å²) in [6.45, 7) is 11.8. The van der Waals surface area contributed by atoms with Crippen molar-refractivity contribution in [3.05, 3.63) is 18.2 Å². The molecule has 20 heavy (non-hydrogen) atoms. The Morgan fingerprint density at radius 1 is 1.10 bits per heavy atom. The van der Waals surface area contributed by atoms with Crippen LogP contribution in [0.15, 0.2) is 18.2 Å². The summed E-state index contributed by atoms with van der Waals surface area (Å²) in [5.74, 6) is 2.26. The summed E-state index contributed by atoms with van der Waals surface area (Å²) in [4.78, 5) is 0. The molecule has 114 valence electrons. The minimum atomic E-state index is 0.565. The number of anilines is 1. The molecule has 0 radical (unpaired) electrons. The van der Waals surface area contributed by atoms with Crippen LogP contribution in [-0.2, 0) is 4.74 Å². The van der Waals surface area contributed by atoms with Gasteiger partial charge in [-0.25, -0.2) is 0 Å². The SMILES string of the molecule is CCOc1ccc(OCC)c(NCCOCC(C)C)c1. The van der Waals surface area contributed by atoms with Crippen LogP contribution in [0.2, 0.25) is 0 Å². The number of hydrogen-bond acceptors (Lipinski definition) is 4. The van der Waals surface area contributed by atoms with Gasteiger partial charge in [-0.15, -0.1) is 0 Å². The van der Waals surface area contributed by atoms with Gasteiger partial charge in [0, 0.05) is 19.2 Å². The number of ether oxygens (including phenoxy) is 3. The molecular weight excluding hydrogens is 254 g/mol. The molecule has 0 heterocycles. The first-order chi connectivity index (χ1) is 9.67. The number of rotatable bonds is 10. The van der Waals surface area contributed by atoms with E-state index in [-0.39, 0.29) is 0 Å². The molecule has 0 aromatic heterocycles. The minimum Gasteiger partial charge on any atom is -0.494 e. The van der Waals surface area contributed by atoms with E-state index in [0.29, 0.717) is 25.7 Å². The molecule has 1 rings (SSSR count). The van der Waals surface area contributed by atoms with Crippen LogP contribution in [0.5, 0.6) is 11.5 Å². The standard InChI is InChI=1S/C16H27NO3/c1-5-19-14-7-8-16(20-6-2)15(11-14)17-9-10-18-12-13(3)4/h7-8,11,13,17H,5-6,9-10,12H2,1-4H3. The molecule has 0 bridgehead atoms. The zero-order valence-corrected chi connectivity index (χ0v) is 13.1. The van der Waals surface area contributed by atoms with Crippen molar-refractivity contribution in [3.8, 4) is 11.5 Å². The van der Waals surface area contributed by atoms with E-state index in [4.69, 9.17) is 14.2 Å². The van der Waals surface area contributed by atoms with Gasteiger partial charge in [-0.1, -0.05) is 13.8 Å². The highest BCUT2D eigenvalue weighted by Gasteiger charge is 2.05. The van der Waals surface area contributed by atoms with E-state index in [2.05, 4.69) is 19.2 Å². The van der Waals surface area contributed by atoms with Crippen LogP contribution in [0.25, 0.3) is 0 Å². The van der Waals surface area contributed by atoms with Gasteiger partial charge in [0.1, 0.15) is 11.5 Å². The summed E-state index contributed by atoms with van der Waals surface area (Å²) in [6.07, 6.45) is 0. The maximum absolute atomic E-state index is 5.61. The second kappa shape index (κ2) is 9.48. The Hall–Kier alpha value is -1.42. The van der Waals surface area contributed by atoms with Gasteiger partial charge in [0.2, 0.25) is 0 Å². The maximum Gasteiger partial charge on any atom is 0.142 e. The minimum absolute atomic E-state index is 0.565. The molecule has 1 aromatic rings. The highest BCUT2D eigenvalue weighted by Crippen LogP contribution is 2.29. The van der Waals surface area contributed by atoms with Crippen molar-refractivity contribution in [3.63, 3.8) is 0 Å². The Labute approximate surface area is 122 Å². The second-order valence-electron chi connectivity index (χ2n) is 4.92. The monoisotopic (exact) mass is 281 g/mol. The van der Waals surface area contributed by atoms with E-state index in [9.17, 15) is 0 Å². The quantitative estimate of drug-likeness (QED) is 0.666. The van der Waals surface area contributed by atoms with Crippen molar-refractivity contribution in [2.45, 2.75) is 27.7 Å². The van der Waals surface area contributed by atoms with E-state index < -0.39 is 0 Å². The first-order valence-corrected chi connectivity index (χ1v) is 7.38. The molecule has 0 atom stereocenters. The van der Waals surface area contributed by atoms with Crippen LogP contribution in [0.4, 0.5) is 5.69 Å². The van der Waals surface area contributed by atoms with Crippen LogP contribution in [-0.4, -0.2) is 33.0 Å². The molecule has 0 aliphatic heterocycles. The van der Waals surface area contributed by atoms with Gasteiger partial charge < -0.3 is 19.5 Å². The zero-order chi connectivity index (χ0) is 14.8. The average Bonchev–Trinajstić information content (AvgIpc) is 2.41. The highest BCUT2D eigenvalue weighted by molar-refractivity contribution is 5.59. The zero-order valence-electron chi connectivity index (χ0n) is 13.1. The fourth-order valence-electron chi connectivity index (χ4n) is 1.76. The van der Waals surface area contributed by atoms with Crippen molar-refractivity contribution < 1.29 is 14.2 Å². The molecule has 4 heteroatoms. The fraction of sp³-hybridized carbons (Fsp3) is 0.625. The summed E-state index contributed by atoms with van der Waals surface area (Å²) < 4.78 is 16.7. The summed E-state index contributed by atoms with van der Waals surface area (Å²) in [6, 6.07) is 5.83. The largest absolute Gasteiger partial charge is 0.494 e. The molecule has 4 nitrogen and oxygen atoms in total. The Morgan fingerprint density at radius 3 is 2.50 bits per heavy atom. The third-order valence-electron chi connectivity index (χ3n) is 2.57. The van der Waals surface area contributed by atoms with Crippen LogP contribution in [0.3, 0.4) is 0 Å². The second-order valence-corrected chi connectivity index (χ2v) is 4.92. The topological polar surface area (TPSA) is 39.7 Å². The van der Waals surface area contributed by atoms with E-state index in [1.807, 2.05) is 32.0 Å². The molecular formula is C16H27NO3. The molecule has 1 aromatic carbocycles. The van der Waals surface area contributed by atoms with E-state index >= 15 is 0 Å². The molecule has 0 amide bonds. The predicted octanol–water partition coefficient (Wildman–Crippen LogP) is 3.57. The normalized spacial score (nSPS) is 10.7. The summed E-state index contributed by atoms with van der Waals surface area (Å²) in [5, 5.41) is 3.34. The van der Waals surface area contributed by atoms with Gasteiger partial charge in [0.25, 0.3) is 0 Å². The Morgan fingerprint density at radius 2 is 1.85 bits per heavy atom.